The van der Waals surface area contributed by atoms with Gasteiger partial charge in [0.05, 0.1) is 17.4 Å². The van der Waals surface area contributed by atoms with E-state index in [0.717, 1.165) is 0 Å². The van der Waals surface area contributed by atoms with Crippen LogP contribution >= 0.6 is 0 Å². The average molecular weight is 295 g/mol. The Morgan fingerprint density at radius 2 is 1.95 bits per heavy atom. The maximum atomic E-state index is 11.9. The molecule has 1 rings (SSSR count). The molecule has 1 aromatic rings. The highest BCUT2D eigenvalue weighted by Crippen LogP contribution is 2.35. The standard InChI is InChI=1S/C14H21N3O4/c1-9-7-11(15-8-10(9)17(19)20)16-14(4,5)13(2,3)12(18)21-6/h7-8H,1-6H3,(H,15,16). The van der Waals surface area contributed by atoms with Crippen LogP contribution in [0.5, 0.6) is 0 Å². The van der Waals surface area contributed by atoms with Crippen LogP contribution in [0.4, 0.5) is 11.5 Å². The predicted molar refractivity (Wildman–Crippen MR) is 79.1 cm³/mol. The number of aryl methyl sites for hydroxylation is 1. The number of hydrogen-bond donors (Lipinski definition) is 1. The molecule has 0 spiro atoms. The Morgan fingerprint density at radius 3 is 2.38 bits per heavy atom. The molecule has 1 N–H and O–H groups in total. The summed E-state index contributed by atoms with van der Waals surface area (Å²) >= 11 is 0. The molecule has 21 heavy (non-hydrogen) atoms. The number of ether oxygens (including phenoxy) is 1. The van der Waals surface area contributed by atoms with Crippen molar-refractivity contribution in [3.05, 3.63) is 27.9 Å². The molecule has 0 saturated heterocycles. The van der Waals surface area contributed by atoms with Crippen molar-refractivity contribution in [1.82, 2.24) is 4.98 Å². The van der Waals surface area contributed by atoms with Gasteiger partial charge in [-0.1, -0.05) is 0 Å². The van der Waals surface area contributed by atoms with Gasteiger partial charge in [0.25, 0.3) is 5.69 Å². The smallest absolute Gasteiger partial charge is 0.313 e. The Morgan fingerprint density at radius 1 is 1.38 bits per heavy atom. The van der Waals surface area contributed by atoms with E-state index in [-0.39, 0.29) is 11.7 Å². The molecule has 0 unspecified atom stereocenters. The number of methoxy groups -OCH3 is 1. The van der Waals surface area contributed by atoms with Crippen LogP contribution in [0.25, 0.3) is 0 Å². The van der Waals surface area contributed by atoms with Gasteiger partial charge in [0.15, 0.2) is 0 Å². The van der Waals surface area contributed by atoms with Crippen molar-refractivity contribution < 1.29 is 14.5 Å². The van der Waals surface area contributed by atoms with Crippen molar-refractivity contribution in [1.29, 1.82) is 0 Å². The minimum Gasteiger partial charge on any atom is -0.469 e. The lowest BCUT2D eigenvalue weighted by Crippen LogP contribution is -2.51. The van der Waals surface area contributed by atoms with Crippen LogP contribution < -0.4 is 5.32 Å². The molecule has 0 radical (unpaired) electrons. The zero-order valence-electron chi connectivity index (χ0n) is 13.2. The van der Waals surface area contributed by atoms with E-state index < -0.39 is 15.9 Å². The van der Waals surface area contributed by atoms with E-state index in [4.69, 9.17) is 4.74 Å². The normalized spacial score (nSPS) is 11.9. The minimum atomic E-state index is -0.806. The third-order valence-corrected chi connectivity index (χ3v) is 3.98. The van der Waals surface area contributed by atoms with Crippen LogP contribution in [0, 0.1) is 22.5 Å². The Kier molecular flexibility index (Phi) is 4.56. The van der Waals surface area contributed by atoms with E-state index in [9.17, 15) is 14.9 Å². The van der Waals surface area contributed by atoms with Gasteiger partial charge in [-0.2, -0.15) is 0 Å². The fourth-order valence-electron chi connectivity index (χ4n) is 1.80. The van der Waals surface area contributed by atoms with Crippen molar-refractivity contribution in [2.24, 2.45) is 5.41 Å². The number of carbonyl (C=O) groups is 1. The number of rotatable bonds is 5. The van der Waals surface area contributed by atoms with Gasteiger partial charge >= 0.3 is 5.97 Å². The highest BCUT2D eigenvalue weighted by Gasteiger charge is 2.44. The molecule has 116 valence electrons. The Labute approximate surface area is 123 Å². The molecule has 0 aliphatic carbocycles. The van der Waals surface area contributed by atoms with Crippen LogP contribution in [0.2, 0.25) is 0 Å². The second-order valence-electron chi connectivity index (χ2n) is 5.98. The van der Waals surface area contributed by atoms with E-state index in [1.165, 1.54) is 13.3 Å². The third-order valence-electron chi connectivity index (χ3n) is 3.98. The quantitative estimate of drug-likeness (QED) is 0.510. The van der Waals surface area contributed by atoms with Gasteiger partial charge in [0.2, 0.25) is 0 Å². The van der Waals surface area contributed by atoms with Crippen LogP contribution in [0.3, 0.4) is 0 Å². The first-order chi connectivity index (χ1) is 9.52. The molecule has 1 aromatic heterocycles. The highest BCUT2D eigenvalue weighted by atomic mass is 16.6. The molecule has 7 heteroatoms. The number of anilines is 1. The molecule has 0 saturated carbocycles. The summed E-state index contributed by atoms with van der Waals surface area (Å²) in [6.45, 7) is 8.88. The summed E-state index contributed by atoms with van der Waals surface area (Å²) in [5.41, 5.74) is -0.996. The van der Waals surface area contributed by atoms with E-state index >= 15 is 0 Å². The van der Waals surface area contributed by atoms with Gasteiger partial charge in [-0.3, -0.25) is 14.9 Å². The number of nitro groups is 1. The number of nitrogens with zero attached hydrogens (tertiary/aromatic N) is 2. The van der Waals surface area contributed by atoms with Crippen molar-refractivity contribution in [3.63, 3.8) is 0 Å². The lowest BCUT2D eigenvalue weighted by molar-refractivity contribution is -0.385. The topological polar surface area (TPSA) is 94.4 Å². The van der Waals surface area contributed by atoms with Crippen molar-refractivity contribution in [2.45, 2.75) is 40.2 Å². The Hall–Kier alpha value is -2.18. The average Bonchev–Trinajstić information content (AvgIpc) is 2.36. The van der Waals surface area contributed by atoms with E-state index in [0.29, 0.717) is 11.4 Å². The van der Waals surface area contributed by atoms with E-state index in [1.54, 1.807) is 26.8 Å². The van der Waals surface area contributed by atoms with E-state index in [2.05, 4.69) is 10.3 Å². The van der Waals surface area contributed by atoms with Crippen molar-refractivity contribution in [2.75, 3.05) is 12.4 Å². The van der Waals surface area contributed by atoms with Crippen LogP contribution in [-0.2, 0) is 9.53 Å². The number of esters is 1. The summed E-state index contributed by atoms with van der Waals surface area (Å²) in [6, 6.07) is 1.59. The van der Waals surface area contributed by atoms with Crippen LogP contribution in [-0.4, -0.2) is 28.5 Å². The highest BCUT2D eigenvalue weighted by molar-refractivity contribution is 5.78. The Bertz CT molecular complexity index is 567. The van der Waals surface area contributed by atoms with Gasteiger partial charge in [0.1, 0.15) is 12.0 Å². The number of carbonyl (C=O) groups excluding carboxylic acids is 1. The number of hydrogen-bond acceptors (Lipinski definition) is 6. The molecule has 7 nitrogen and oxygen atoms in total. The van der Waals surface area contributed by atoms with Gasteiger partial charge in [-0.25, -0.2) is 4.98 Å². The summed E-state index contributed by atoms with van der Waals surface area (Å²) in [5, 5.41) is 13.9. The largest absolute Gasteiger partial charge is 0.469 e. The summed E-state index contributed by atoms with van der Waals surface area (Å²) in [7, 11) is 1.34. The summed E-state index contributed by atoms with van der Waals surface area (Å²) in [4.78, 5) is 26.3. The lowest BCUT2D eigenvalue weighted by atomic mass is 9.74. The van der Waals surface area contributed by atoms with Gasteiger partial charge in [-0.05, 0) is 40.7 Å². The van der Waals surface area contributed by atoms with Crippen molar-refractivity contribution in [3.8, 4) is 0 Å². The molecule has 0 bridgehead atoms. The first-order valence-corrected chi connectivity index (χ1v) is 6.50. The molecular formula is C14H21N3O4. The number of nitrogens with one attached hydrogen (secondary N) is 1. The summed E-state index contributed by atoms with van der Waals surface area (Å²) in [6.07, 6.45) is 1.21. The second kappa shape index (κ2) is 5.67. The monoisotopic (exact) mass is 295 g/mol. The fraction of sp³-hybridized carbons (Fsp3) is 0.571. The van der Waals surface area contributed by atoms with Crippen LogP contribution in [0.15, 0.2) is 12.3 Å². The van der Waals surface area contributed by atoms with Crippen LogP contribution in [0.1, 0.15) is 33.3 Å². The molecule has 0 aromatic carbocycles. The predicted octanol–water partition coefficient (Wildman–Crippen LogP) is 2.69. The summed E-state index contributed by atoms with van der Waals surface area (Å²) in [5.74, 6) is 0.124. The molecule has 0 aliphatic heterocycles. The van der Waals surface area contributed by atoms with Gasteiger partial charge in [-0.15, -0.1) is 0 Å². The fourth-order valence-corrected chi connectivity index (χ4v) is 1.80. The van der Waals surface area contributed by atoms with Gasteiger partial charge in [0, 0.05) is 11.1 Å². The summed E-state index contributed by atoms with van der Waals surface area (Å²) < 4.78 is 4.82. The molecule has 0 amide bonds. The molecular weight excluding hydrogens is 274 g/mol. The number of aromatic nitrogens is 1. The zero-order chi connectivity index (χ0) is 16.4. The maximum Gasteiger partial charge on any atom is 0.313 e. The second-order valence-corrected chi connectivity index (χ2v) is 5.98. The molecule has 1 heterocycles. The lowest BCUT2D eigenvalue weighted by Gasteiger charge is -2.40. The minimum absolute atomic E-state index is 0.0365. The number of pyridine rings is 1. The van der Waals surface area contributed by atoms with Crippen molar-refractivity contribution >= 4 is 17.5 Å². The maximum absolute atomic E-state index is 11.9. The van der Waals surface area contributed by atoms with E-state index in [1.807, 2.05) is 13.8 Å². The molecule has 0 atom stereocenters. The first kappa shape index (κ1) is 16.9. The van der Waals surface area contributed by atoms with Gasteiger partial charge < -0.3 is 10.1 Å². The molecule has 0 aliphatic rings. The third kappa shape index (κ3) is 3.29. The Balaban J connectivity index is 3.07. The SMILES string of the molecule is COC(=O)C(C)(C)C(C)(C)Nc1cc(C)c([N+](=O)[O-])cn1. The first-order valence-electron chi connectivity index (χ1n) is 6.50. The zero-order valence-corrected chi connectivity index (χ0v) is 13.2. The molecule has 0 fully saturated rings.